The summed E-state index contributed by atoms with van der Waals surface area (Å²) in [6.45, 7) is 2.63. The predicted molar refractivity (Wildman–Crippen MR) is 138 cm³/mol. The number of aromatic nitrogens is 3. The van der Waals surface area contributed by atoms with E-state index in [-0.39, 0.29) is 36.7 Å². The monoisotopic (exact) mass is 505 g/mol. The van der Waals surface area contributed by atoms with Crippen LogP contribution in [0.2, 0.25) is 0 Å². The highest BCUT2D eigenvalue weighted by Crippen LogP contribution is 2.27. The van der Waals surface area contributed by atoms with Crippen molar-refractivity contribution in [3.05, 3.63) is 47.2 Å². The van der Waals surface area contributed by atoms with Gasteiger partial charge in [0, 0.05) is 30.4 Å². The first-order chi connectivity index (χ1) is 17.6. The summed E-state index contributed by atoms with van der Waals surface area (Å²) in [5.41, 5.74) is 14.9. The number of nitrogen functional groups attached to an aromatic ring is 2. The van der Waals surface area contributed by atoms with Crippen molar-refractivity contribution >= 4 is 46.3 Å². The van der Waals surface area contributed by atoms with Crippen molar-refractivity contribution in [2.75, 3.05) is 22.9 Å². The van der Waals surface area contributed by atoms with Gasteiger partial charge in [-0.3, -0.25) is 9.59 Å². The Morgan fingerprint density at radius 1 is 1.16 bits per heavy atom. The highest BCUT2D eigenvalue weighted by Gasteiger charge is 2.22. The van der Waals surface area contributed by atoms with E-state index in [0.717, 1.165) is 16.8 Å². The van der Waals surface area contributed by atoms with Gasteiger partial charge in [0.15, 0.2) is 5.65 Å². The van der Waals surface area contributed by atoms with E-state index in [9.17, 15) is 19.5 Å². The Morgan fingerprint density at radius 2 is 1.86 bits per heavy atom. The topological polar surface area (TPSA) is 198 Å². The molecule has 12 nitrogen and oxygen atoms in total. The molecule has 2 heterocycles. The van der Waals surface area contributed by atoms with Crippen LogP contribution in [-0.2, 0) is 22.6 Å². The zero-order chi connectivity index (χ0) is 27.1. The molecule has 0 saturated carbocycles. The lowest BCUT2D eigenvalue weighted by Crippen LogP contribution is -2.41. The molecule has 0 unspecified atom stereocenters. The van der Waals surface area contributed by atoms with Gasteiger partial charge in [0.05, 0.1) is 11.9 Å². The molecule has 0 aliphatic heterocycles. The number of nitrogens with two attached hydrogens (primary N) is 2. The first-order valence-electron chi connectivity index (χ1n) is 11.4. The maximum absolute atomic E-state index is 12.6. The average Bonchev–Trinajstić information content (AvgIpc) is 2.85. The summed E-state index contributed by atoms with van der Waals surface area (Å²) in [5.74, 6) is -0.171. The van der Waals surface area contributed by atoms with E-state index in [1.165, 1.54) is 12.1 Å². The fourth-order valence-corrected chi connectivity index (χ4v) is 3.93. The number of hydrogen-bond donors (Lipinski definition) is 5. The van der Waals surface area contributed by atoms with Gasteiger partial charge < -0.3 is 31.9 Å². The minimum atomic E-state index is -1.32. The van der Waals surface area contributed by atoms with Crippen molar-refractivity contribution in [3.63, 3.8) is 0 Å². The number of rotatable bonds is 11. The number of aliphatic carboxylic acids is 2. The molecule has 0 radical (unpaired) electrons. The Bertz CT molecular complexity index is 1370. The van der Waals surface area contributed by atoms with Crippen LogP contribution < -0.4 is 21.7 Å². The van der Waals surface area contributed by atoms with Gasteiger partial charge in [0.2, 0.25) is 5.95 Å². The third-order valence-corrected chi connectivity index (χ3v) is 5.71. The Kier molecular flexibility index (Phi) is 8.42. The van der Waals surface area contributed by atoms with Crippen LogP contribution in [0.4, 0.5) is 17.5 Å². The Hall–Kier alpha value is -4.92. The number of pyridine rings is 1. The summed E-state index contributed by atoms with van der Waals surface area (Å²) in [6.07, 6.45) is 7.33. The zero-order valence-electron chi connectivity index (χ0n) is 20.1. The number of benzene rings is 1. The van der Waals surface area contributed by atoms with Crippen LogP contribution in [0, 0.1) is 12.3 Å². The second-order valence-electron chi connectivity index (χ2n) is 8.18. The molecule has 0 fully saturated rings. The van der Waals surface area contributed by atoms with E-state index in [2.05, 4.69) is 26.2 Å². The minimum Gasteiger partial charge on any atom is -0.481 e. The molecule has 1 aromatic carbocycles. The second-order valence-corrected chi connectivity index (χ2v) is 8.18. The number of carbonyl (C=O) groups excluding carboxylic acids is 1. The molecule has 1 amide bonds. The molecule has 192 valence electrons. The summed E-state index contributed by atoms with van der Waals surface area (Å²) < 4.78 is 0. The van der Waals surface area contributed by atoms with E-state index in [1.54, 1.807) is 18.3 Å². The molecule has 7 N–H and O–H groups in total. The number of fused-ring (bicyclic) bond motifs is 1. The number of terminal acetylenes is 1. The van der Waals surface area contributed by atoms with Crippen LogP contribution in [0.3, 0.4) is 0 Å². The zero-order valence-corrected chi connectivity index (χ0v) is 20.1. The molecule has 0 aliphatic carbocycles. The molecule has 0 aliphatic rings. The maximum Gasteiger partial charge on any atom is 0.326 e. The SMILES string of the molecule is C#CCN(Cc1cnc2nc(N)nc(N)c2c1CC)c1ccc(C(=O)N[C@@H](CCC(=O)O)C(=O)O)cc1. The summed E-state index contributed by atoms with van der Waals surface area (Å²) in [7, 11) is 0. The molecular weight excluding hydrogens is 478 g/mol. The normalized spacial score (nSPS) is 11.5. The number of nitrogens with zero attached hydrogens (tertiary/aromatic N) is 4. The molecule has 0 bridgehead atoms. The maximum atomic E-state index is 12.6. The van der Waals surface area contributed by atoms with Crippen molar-refractivity contribution in [1.82, 2.24) is 20.3 Å². The fourth-order valence-electron chi connectivity index (χ4n) is 3.93. The van der Waals surface area contributed by atoms with Gasteiger partial charge in [-0.15, -0.1) is 6.42 Å². The van der Waals surface area contributed by atoms with Crippen LogP contribution >= 0.6 is 0 Å². The molecule has 2 aromatic heterocycles. The van der Waals surface area contributed by atoms with Crippen LogP contribution in [0.5, 0.6) is 0 Å². The molecule has 3 aromatic rings. The van der Waals surface area contributed by atoms with Crippen LogP contribution in [0.15, 0.2) is 30.5 Å². The number of carboxylic acids is 2. The van der Waals surface area contributed by atoms with Gasteiger partial charge in [0.1, 0.15) is 11.9 Å². The van der Waals surface area contributed by atoms with Gasteiger partial charge in [-0.2, -0.15) is 9.97 Å². The average molecular weight is 506 g/mol. The fraction of sp³-hybridized carbons (Fsp3) is 0.280. The first-order valence-corrected chi connectivity index (χ1v) is 11.4. The predicted octanol–water partition coefficient (Wildman–Crippen LogP) is 1.44. The molecule has 3 rings (SSSR count). The lowest BCUT2D eigenvalue weighted by molar-refractivity contribution is -0.140. The van der Waals surface area contributed by atoms with Crippen molar-refractivity contribution in [2.24, 2.45) is 0 Å². The molecule has 37 heavy (non-hydrogen) atoms. The lowest BCUT2D eigenvalue weighted by atomic mass is 10.0. The van der Waals surface area contributed by atoms with E-state index in [0.29, 0.717) is 24.0 Å². The summed E-state index contributed by atoms with van der Waals surface area (Å²) in [5, 5.41) is 21.1. The summed E-state index contributed by atoms with van der Waals surface area (Å²) in [6, 6.07) is 5.15. The van der Waals surface area contributed by atoms with Crippen molar-refractivity contribution < 1.29 is 24.6 Å². The smallest absolute Gasteiger partial charge is 0.326 e. The molecular formula is C25H27N7O5. The largest absolute Gasteiger partial charge is 0.481 e. The van der Waals surface area contributed by atoms with E-state index in [4.69, 9.17) is 23.0 Å². The van der Waals surface area contributed by atoms with Gasteiger partial charge in [-0.25, -0.2) is 9.78 Å². The highest BCUT2D eigenvalue weighted by atomic mass is 16.4. The quantitative estimate of drug-likeness (QED) is 0.236. The number of anilines is 3. The Morgan fingerprint density at radius 3 is 2.46 bits per heavy atom. The van der Waals surface area contributed by atoms with Gasteiger partial charge in [-0.05, 0) is 48.2 Å². The molecule has 0 spiro atoms. The van der Waals surface area contributed by atoms with Crippen LogP contribution in [0.1, 0.15) is 41.3 Å². The third kappa shape index (κ3) is 6.40. The Labute approximate surface area is 212 Å². The highest BCUT2D eigenvalue weighted by molar-refractivity contribution is 5.97. The number of nitrogens with one attached hydrogen (secondary N) is 1. The van der Waals surface area contributed by atoms with Crippen molar-refractivity contribution in [2.45, 2.75) is 38.8 Å². The van der Waals surface area contributed by atoms with E-state index in [1.807, 2.05) is 11.8 Å². The number of carbonyl (C=O) groups is 3. The third-order valence-electron chi connectivity index (χ3n) is 5.71. The van der Waals surface area contributed by atoms with Gasteiger partial charge in [0.25, 0.3) is 5.91 Å². The number of amides is 1. The minimum absolute atomic E-state index is 0.0435. The van der Waals surface area contributed by atoms with Gasteiger partial charge >= 0.3 is 11.9 Å². The van der Waals surface area contributed by atoms with Gasteiger partial charge in [-0.1, -0.05) is 12.8 Å². The van der Waals surface area contributed by atoms with Crippen LogP contribution in [0.25, 0.3) is 11.0 Å². The standard InChI is InChI=1S/C25H27N7O5/c1-3-11-32(13-15-12-28-22-20(17(15)4-2)21(26)30-25(27)31-22)16-7-5-14(6-8-16)23(35)29-18(24(36)37)9-10-19(33)34/h1,5-8,12,18H,4,9-11,13H2,2H3,(H,29,35)(H,33,34)(H,36,37)(H4,26,27,28,30,31)/t18-/m0/s1. The lowest BCUT2D eigenvalue weighted by Gasteiger charge is -2.24. The molecule has 12 heteroatoms. The Balaban J connectivity index is 1.83. The van der Waals surface area contributed by atoms with E-state index < -0.39 is 23.9 Å². The molecule has 1 atom stereocenters. The number of hydrogen-bond acceptors (Lipinski definition) is 9. The number of carboxylic acid groups (broad SMARTS) is 2. The number of aryl methyl sites for hydroxylation is 1. The van der Waals surface area contributed by atoms with Crippen molar-refractivity contribution in [3.8, 4) is 12.3 Å². The first kappa shape index (κ1) is 26.7. The molecule has 0 saturated heterocycles. The van der Waals surface area contributed by atoms with Crippen molar-refractivity contribution in [1.29, 1.82) is 0 Å². The summed E-state index contributed by atoms with van der Waals surface area (Å²) in [4.78, 5) is 49.2. The second kappa shape index (κ2) is 11.7. The summed E-state index contributed by atoms with van der Waals surface area (Å²) >= 11 is 0. The van der Waals surface area contributed by atoms with Crippen LogP contribution in [-0.4, -0.2) is 55.6 Å². The van der Waals surface area contributed by atoms with E-state index >= 15 is 0 Å².